The number of nitrogens with zero attached hydrogens (tertiary/aromatic N) is 3. The van der Waals surface area contributed by atoms with Gasteiger partial charge in [0.1, 0.15) is 0 Å². The van der Waals surface area contributed by atoms with Gasteiger partial charge in [-0.3, -0.25) is 9.36 Å². The van der Waals surface area contributed by atoms with E-state index in [1.807, 2.05) is 66.1 Å². The summed E-state index contributed by atoms with van der Waals surface area (Å²) in [6, 6.07) is 22.2. The number of benzene rings is 3. The number of aryl methyl sites for hydroxylation is 1. The summed E-state index contributed by atoms with van der Waals surface area (Å²) in [4.78, 5) is 12.8. The fraction of sp³-hybridized carbons (Fsp3) is 0.160. The molecule has 1 atom stereocenters. The number of carbonyl (C=O) groups excluding carboxylic acids is 1. The monoisotopic (exact) mass is 482 g/mol. The molecule has 0 aliphatic rings. The number of hydrogen-bond donors (Lipinski definition) is 1. The van der Waals surface area contributed by atoms with Crippen molar-refractivity contribution in [3.05, 3.63) is 90.0 Å². The molecule has 0 aliphatic carbocycles. The number of hydrogen-bond acceptors (Lipinski definition) is 4. The molecule has 1 N–H and O–H groups in total. The first kappa shape index (κ1) is 23.6. The van der Waals surface area contributed by atoms with Crippen LogP contribution in [0.1, 0.15) is 18.1 Å². The summed E-state index contributed by atoms with van der Waals surface area (Å²) in [6.07, 6.45) is -4.57. The molecule has 1 amide bonds. The van der Waals surface area contributed by atoms with E-state index >= 15 is 0 Å². The standard InChI is InChI=1S/C25H21F3N4OS/c1-16-12-14-19(15-13-16)32-22(18-8-4-3-5-9-18)30-31-24(32)34-17(2)23(33)29-21-11-7-6-10-20(21)25(26,27)28/h3-15,17H,1-2H3,(H,29,33). The molecule has 0 bridgehead atoms. The van der Waals surface area contributed by atoms with Gasteiger partial charge >= 0.3 is 6.18 Å². The summed E-state index contributed by atoms with van der Waals surface area (Å²) in [5.74, 6) is 0.0309. The van der Waals surface area contributed by atoms with E-state index in [4.69, 9.17) is 0 Å². The molecule has 0 saturated carbocycles. The highest BCUT2D eigenvalue weighted by Crippen LogP contribution is 2.35. The highest BCUT2D eigenvalue weighted by Gasteiger charge is 2.34. The zero-order valence-electron chi connectivity index (χ0n) is 18.4. The van der Waals surface area contributed by atoms with Gasteiger partial charge in [-0.1, -0.05) is 71.9 Å². The van der Waals surface area contributed by atoms with Gasteiger partial charge < -0.3 is 5.32 Å². The Morgan fingerprint density at radius 3 is 2.26 bits per heavy atom. The third-order valence-electron chi connectivity index (χ3n) is 5.10. The van der Waals surface area contributed by atoms with Crippen LogP contribution in [0.5, 0.6) is 0 Å². The van der Waals surface area contributed by atoms with Crippen molar-refractivity contribution < 1.29 is 18.0 Å². The van der Waals surface area contributed by atoms with Gasteiger partial charge in [-0.15, -0.1) is 10.2 Å². The van der Waals surface area contributed by atoms with Crippen LogP contribution in [0.3, 0.4) is 0 Å². The number of nitrogens with one attached hydrogen (secondary N) is 1. The molecule has 1 unspecified atom stereocenters. The highest BCUT2D eigenvalue weighted by atomic mass is 32.2. The number of rotatable bonds is 6. The van der Waals surface area contributed by atoms with Crippen molar-refractivity contribution in [1.29, 1.82) is 0 Å². The summed E-state index contributed by atoms with van der Waals surface area (Å²) in [6.45, 7) is 3.60. The fourth-order valence-corrected chi connectivity index (χ4v) is 4.20. The Balaban J connectivity index is 1.63. The largest absolute Gasteiger partial charge is 0.418 e. The number of halogens is 3. The molecule has 1 aromatic heterocycles. The molecule has 0 aliphatic heterocycles. The summed E-state index contributed by atoms with van der Waals surface area (Å²) in [7, 11) is 0. The molecule has 4 aromatic rings. The highest BCUT2D eigenvalue weighted by molar-refractivity contribution is 8.00. The first-order valence-corrected chi connectivity index (χ1v) is 11.3. The number of thioether (sulfide) groups is 1. The Hall–Kier alpha value is -3.59. The van der Waals surface area contributed by atoms with Crippen LogP contribution >= 0.6 is 11.8 Å². The number of amides is 1. The molecule has 1 heterocycles. The van der Waals surface area contributed by atoms with E-state index in [9.17, 15) is 18.0 Å². The fourth-order valence-electron chi connectivity index (χ4n) is 3.33. The van der Waals surface area contributed by atoms with Gasteiger partial charge in [0.25, 0.3) is 0 Å². The van der Waals surface area contributed by atoms with Gasteiger partial charge in [0.2, 0.25) is 5.91 Å². The average Bonchev–Trinajstić information content (AvgIpc) is 3.23. The van der Waals surface area contributed by atoms with E-state index in [1.165, 1.54) is 18.2 Å². The zero-order chi connectivity index (χ0) is 24.3. The first-order valence-electron chi connectivity index (χ1n) is 10.5. The summed E-state index contributed by atoms with van der Waals surface area (Å²) >= 11 is 1.12. The lowest BCUT2D eigenvalue weighted by Crippen LogP contribution is -2.24. The topological polar surface area (TPSA) is 59.8 Å². The SMILES string of the molecule is Cc1ccc(-n2c(SC(C)C(=O)Nc3ccccc3C(F)(F)F)nnc2-c2ccccc2)cc1. The van der Waals surface area contributed by atoms with Gasteiger partial charge in [0.05, 0.1) is 16.5 Å². The predicted molar refractivity (Wildman–Crippen MR) is 127 cm³/mol. The van der Waals surface area contributed by atoms with Gasteiger partial charge in [-0.05, 0) is 38.1 Å². The predicted octanol–water partition coefficient (Wildman–Crippen LogP) is 6.38. The summed E-state index contributed by atoms with van der Waals surface area (Å²) in [5, 5.41) is 10.8. The maximum absolute atomic E-state index is 13.3. The van der Waals surface area contributed by atoms with Gasteiger partial charge in [-0.25, -0.2) is 0 Å². The third kappa shape index (κ3) is 5.14. The van der Waals surface area contributed by atoms with Crippen molar-refractivity contribution in [3.8, 4) is 17.1 Å². The number of carbonyl (C=O) groups is 1. The lowest BCUT2D eigenvalue weighted by atomic mass is 10.1. The maximum atomic E-state index is 13.3. The van der Waals surface area contributed by atoms with Crippen molar-refractivity contribution in [2.45, 2.75) is 30.4 Å². The molecule has 4 rings (SSSR count). The van der Waals surface area contributed by atoms with Crippen LogP contribution in [0.4, 0.5) is 18.9 Å². The van der Waals surface area contributed by atoms with Crippen molar-refractivity contribution in [2.24, 2.45) is 0 Å². The van der Waals surface area contributed by atoms with E-state index in [0.717, 1.165) is 34.6 Å². The maximum Gasteiger partial charge on any atom is 0.418 e. The van der Waals surface area contributed by atoms with Crippen molar-refractivity contribution >= 4 is 23.4 Å². The van der Waals surface area contributed by atoms with Crippen molar-refractivity contribution in [2.75, 3.05) is 5.32 Å². The number of para-hydroxylation sites is 1. The van der Waals surface area contributed by atoms with Crippen LogP contribution in [0.15, 0.2) is 84.0 Å². The minimum Gasteiger partial charge on any atom is -0.325 e. The molecular formula is C25H21F3N4OS. The van der Waals surface area contributed by atoms with Gasteiger partial charge in [0, 0.05) is 11.3 Å². The summed E-state index contributed by atoms with van der Waals surface area (Å²) < 4.78 is 41.7. The number of anilines is 1. The molecule has 0 radical (unpaired) electrons. The second-order valence-corrected chi connectivity index (χ2v) is 8.94. The Bertz CT molecular complexity index is 1290. The van der Waals surface area contributed by atoms with Crippen LogP contribution < -0.4 is 5.32 Å². The molecule has 5 nitrogen and oxygen atoms in total. The molecule has 0 spiro atoms. The quantitative estimate of drug-likeness (QED) is 0.324. The molecule has 3 aromatic carbocycles. The Kier molecular flexibility index (Phi) is 6.74. The molecular weight excluding hydrogens is 461 g/mol. The normalized spacial score (nSPS) is 12.4. The molecule has 9 heteroatoms. The van der Waals surface area contributed by atoms with Crippen molar-refractivity contribution in [3.63, 3.8) is 0 Å². The second kappa shape index (κ2) is 9.72. The van der Waals surface area contributed by atoms with E-state index in [2.05, 4.69) is 15.5 Å². The van der Waals surface area contributed by atoms with Gasteiger partial charge in [0.15, 0.2) is 11.0 Å². The molecule has 0 saturated heterocycles. The van der Waals surface area contributed by atoms with Crippen LogP contribution in [-0.4, -0.2) is 25.9 Å². The Morgan fingerprint density at radius 2 is 1.59 bits per heavy atom. The van der Waals surface area contributed by atoms with Crippen LogP contribution in [0, 0.1) is 6.92 Å². The van der Waals surface area contributed by atoms with E-state index in [-0.39, 0.29) is 5.69 Å². The second-order valence-electron chi connectivity index (χ2n) is 7.64. The lowest BCUT2D eigenvalue weighted by molar-refractivity contribution is -0.137. The molecule has 0 fully saturated rings. The summed E-state index contributed by atoms with van der Waals surface area (Å²) in [5.41, 5.74) is 1.57. The van der Waals surface area contributed by atoms with E-state index in [1.54, 1.807) is 6.92 Å². The van der Waals surface area contributed by atoms with Crippen LogP contribution in [-0.2, 0) is 11.0 Å². The minimum absolute atomic E-state index is 0.280. The number of aromatic nitrogens is 3. The number of alkyl halides is 3. The van der Waals surface area contributed by atoms with Crippen LogP contribution in [0.25, 0.3) is 17.1 Å². The molecule has 174 valence electrons. The van der Waals surface area contributed by atoms with E-state index in [0.29, 0.717) is 11.0 Å². The lowest BCUT2D eigenvalue weighted by Gasteiger charge is -2.16. The Labute approximate surface area is 199 Å². The minimum atomic E-state index is -4.57. The zero-order valence-corrected chi connectivity index (χ0v) is 19.2. The molecule has 34 heavy (non-hydrogen) atoms. The smallest absolute Gasteiger partial charge is 0.325 e. The van der Waals surface area contributed by atoms with Crippen LogP contribution in [0.2, 0.25) is 0 Å². The Morgan fingerprint density at radius 1 is 0.941 bits per heavy atom. The van der Waals surface area contributed by atoms with Crippen molar-refractivity contribution in [1.82, 2.24) is 14.8 Å². The third-order valence-corrected chi connectivity index (χ3v) is 6.14. The van der Waals surface area contributed by atoms with Gasteiger partial charge in [-0.2, -0.15) is 13.2 Å². The van der Waals surface area contributed by atoms with E-state index < -0.39 is 22.9 Å². The first-order chi connectivity index (χ1) is 16.2. The average molecular weight is 483 g/mol.